The number of aromatic nitrogens is 6. The third kappa shape index (κ3) is 44.3. The number of rotatable bonds is 25. The summed E-state index contributed by atoms with van der Waals surface area (Å²) in [5.41, 5.74) is 10.6. The minimum Gasteiger partial charge on any atom is -0.481 e. The van der Waals surface area contributed by atoms with Crippen molar-refractivity contribution in [1.82, 2.24) is 35.2 Å². The molecule has 3 aromatic heterocycles. The first-order valence-corrected chi connectivity index (χ1v) is 42.4. The molecule has 30 nitrogen and oxygen atoms in total. The van der Waals surface area contributed by atoms with Gasteiger partial charge in [-0.05, 0) is 240 Å². The van der Waals surface area contributed by atoms with Crippen molar-refractivity contribution in [1.29, 1.82) is 0 Å². The highest BCUT2D eigenvalue weighted by Gasteiger charge is 2.43. The second-order valence-corrected chi connectivity index (χ2v) is 30.2. The summed E-state index contributed by atoms with van der Waals surface area (Å²) in [7, 11) is 5.44. The fraction of sp³-hybridized carbons (Fsp3) is 0.454. The van der Waals surface area contributed by atoms with Gasteiger partial charge in [-0.1, -0.05) is 98.0 Å². The topological polar surface area (TPSA) is 474 Å². The highest BCUT2D eigenvalue weighted by molar-refractivity contribution is 5.97. The number of hydrogen-bond donors (Lipinski definition) is 10. The minimum atomic E-state index is -1.25. The number of allylic oxidation sites excluding steroid dienone is 7. The standard InChI is InChI=1S/C15H17NO5.C11H12O2.C10H16O4.C10H12O2.3C8H10N2O.C8H12O4.C8H14O2.C8H12O.C3H6/c1-2-3-10-4-6-11(7-5-10)14(19)16-12(15(20)21)8-9-13(17)18;1-3-4-9-5-7-10(8-6-9)11(12)13-2;1-4-8(7-10(12)14-3)5-6-9(11)13-2;1-3-8-4-6-9(7-5-8)10(11)12-2;3*1-5-9-7-4-2-3-6(7)8(11)10-5;1-2-6(5-8(11)12)3-4-7(9)10;1-2-6-3-4-7(9)8(10)5-6;1-2-6-3-4-7-8(5-6)9-7;1-3-2/h2-7,12H,8-9H2,1H3,(H,16,19)(H,17,18)(H,20,21);3-8H,1-2H3;4,8H,1,5-7H2,2-3H3;4-7H,3H2,1-2H3;3*2-4H2,1H3,(H,9,10,11);2,6H,1,3-5H2,(H,9,10)(H,11,12);2,6-10H,1,3-5H2;2,6-8H,1,3-5H2;3H,1H2,2H3/t12-;;;;;;;;;;/m0........../s1. The molecule has 6 aliphatic rings. The molecule has 4 heterocycles. The molecule has 127 heavy (non-hydrogen) atoms. The van der Waals surface area contributed by atoms with E-state index in [1.165, 1.54) is 59.3 Å². The van der Waals surface area contributed by atoms with E-state index in [0.29, 0.717) is 66.9 Å². The predicted octanol–water partition coefficient (Wildman–Crippen LogP) is 14.1. The molecule has 2 saturated carbocycles. The molecule has 12 rings (SSSR count). The molecular weight excluding hydrogens is 1630 g/mol. The van der Waals surface area contributed by atoms with Gasteiger partial charge >= 0.3 is 47.8 Å². The summed E-state index contributed by atoms with van der Waals surface area (Å²) in [5.74, 6) is -2.81. The molecule has 1 saturated heterocycles. The van der Waals surface area contributed by atoms with E-state index in [1.807, 2.05) is 96.2 Å². The Morgan fingerprint density at radius 2 is 0.882 bits per heavy atom. The van der Waals surface area contributed by atoms with Crippen LogP contribution in [0.2, 0.25) is 0 Å². The first-order valence-electron chi connectivity index (χ1n) is 42.4. The van der Waals surface area contributed by atoms with E-state index >= 15 is 0 Å². The first-order chi connectivity index (χ1) is 60.5. The van der Waals surface area contributed by atoms with Gasteiger partial charge in [-0.3, -0.25) is 43.2 Å². The summed E-state index contributed by atoms with van der Waals surface area (Å²) >= 11 is 0. The largest absolute Gasteiger partial charge is 0.481 e. The van der Waals surface area contributed by atoms with Gasteiger partial charge in [-0.15, -0.1) is 32.9 Å². The number of aliphatic hydroxyl groups excluding tert-OH is 2. The monoisotopic (exact) mass is 1760 g/mol. The van der Waals surface area contributed by atoms with Gasteiger partial charge in [0.15, 0.2) is 0 Å². The number of carbonyl (C=O) groups excluding carboxylic acids is 5. The van der Waals surface area contributed by atoms with E-state index in [-0.39, 0.29) is 84.5 Å². The van der Waals surface area contributed by atoms with Gasteiger partial charge in [0.2, 0.25) is 0 Å². The molecule has 0 bridgehead atoms. The zero-order valence-corrected chi connectivity index (χ0v) is 75.3. The Balaban J connectivity index is 0.000000480. The van der Waals surface area contributed by atoms with Gasteiger partial charge in [0.25, 0.3) is 22.6 Å². The molecule has 692 valence electrons. The molecule has 6 aromatic rings. The maximum Gasteiger partial charge on any atom is 0.337 e. The molecule has 5 aliphatic carbocycles. The molecule has 3 aromatic carbocycles. The average Bonchev–Trinajstić information content (AvgIpc) is 1.68. The van der Waals surface area contributed by atoms with Crippen molar-refractivity contribution in [2.75, 3.05) is 28.4 Å². The Morgan fingerprint density at radius 3 is 1.24 bits per heavy atom. The number of carbonyl (C=O) groups is 9. The van der Waals surface area contributed by atoms with Crippen LogP contribution in [0.15, 0.2) is 163 Å². The number of hydrogen-bond acceptors (Lipinski definition) is 22. The number of aliphatic carboxylic acids is 4. The molecule has 1 amide bonds. The van der Waals surface area contributed by atoms with Crippen LogP contribution in [0.1, 0.15) is 236 Å². The Morgan fingerprint density at radius 1 is 0.488 bits per heavy atom. The van der Waals surface area contributed by atoms with Crippen LogP contribution in [0.4, 0.5) is 0 Å². The smallest absolute Gasteiger partial charge is 0.337 e. The highest BCUT2D eigenvalue weighted by atomic mass is 16.6. The van der Waals surface area contributed by atoms with Crippen molar-refractivity contribution in [2.24, 2.45) is 23.7 Å². The number of nitrogens with one attached hydrogen (secondary N) is 4. The van der Waals surface area contributed by atoms with Crippen LogP contribution in [0.3, 0.4) is 0 Å². The van der Waals surface area contributed by atoms with E-state index in [1.54, 1.807) is 60.7 Å². The van der Waals surface area contributed by atoms with Crippen LogP contribution in [0.5, 0.6) is 0 Å². The molecule has 3 fully saturated rings. The molecule has 9 atom stereocenters. The number of aromatic amines is 3. The van der Waals surface area contributed by atoms with Crippen LogP contribution in [-0.2, 0) is 97.4 Å². The number of esters is 4. The summed E-state index contributed by atoms with van der Waals surface area (Å²) in [4.78, 5) is 152. The number of ether oxygens (including phenoxy) is 5. The first kappa shape index (κ1) is 111. The quantitative estimate of drug-likeness (QED) is 0.0110. The van der Waals surface area contributed by atoms with Gasteiger partial charge in [-0.2, -0.15) is 0 Å². The molecule has 8 unspecified atom stereocenters. The lowest BCUT2D eigenvalue weighted by molar-refractivity contribution is -0.143. The van der Waals surface area contributed by atoms with Crippen molar-refractivity contribution >= 4 is 65.8 Å². The zero-order chi connectivity index (χ0) is 95.1. The van der Waals surface area contributed by atoms with Gasteiger partial charge in [0, 0.05) is 41.5 Å². The molecule has 0 radical (unpaired) electrons. The fourth-order valence-corrected chi connectivity index (χ4v) is 13.3. The van der Waals surface area contributed by atoms with Gasteiger partial charge < -0.3 is 74.6 Å². The van der Waals surface area contributed by atoms with E-state index in [0.717, 1.165) is 139 Å². The molecule has 1 aliphatic heterocycles. The maximum absolute atomic E-state index is 11.9. The summed E-state index contributed by atoms with van der Waals surface area (Å²) < 4.78 is 23.5. The number of aliphatic hydroxyl groups is 2. The van der Waals surface area contributed by atoms with Crippen molar-refractivity contribution in [2.45, 2.75) is 233 Å². The maximum atomic E-state index is 11.9. The number of aryl methyl sites for hydroxylation is 7. The number of carboxylic acid groups (broad SMARTS) is 4. The Hall–Kier alpha value is -12.4. The van der Waals surface area contributed by atoms with Crippen LogP contribution in [0.25, 0.3) is 12.2 Å². The average molecular weight is 1760 g/mol. The lowest BCUT2D eigenvalue weighted by Crippen LogP contribution is -2.41. The van der Waals surface area contributed by atoms with Crippen molar-refractivity contribution in [3.63, 3.8) is 0 Å². The Bertz CT molecular complexity index is 4590. The SMILES string of the molecule is C=CC.C=CC(CCC(=O)O)CC(=O)O.C=CC(CCC(=O)OC)CC(=O)OC.C=CC1CCC(O)C(O)C1.C=CC1CCC2OC2C1.CC=Cc1ccc(C(=O)N[C@@H](CCC(=O)O)C(=O)O)cc1.CC=Cc1ccc(C(=O)OC)cc1.CCc1ccc(C(=O)OC)cc1.Cc1nc2c(c(=O)[nH]1)CCC2.Cc1nc2c(c(=O)[nH]1)CCC2.Cc1nc2c(c(=O)[nH]1)CCC2. The van der Waals surface area contributed by atoms with Gasteiger partial charge in [-0.25, -0.2) is 29.3 Å². The summed E-state index contributed by atoms with van der Waals surface area (Å²) in [5, 5.41) is 54.8. The van der Waals surface area contributed by atoms with Crippen molar-refractivity contribution in [3.8, 4) is 0 Å². The molecule has 10 N–H and O–H groups in total. The van der Waals surface area contributed by atoms with Crippen molar-refractivity contribution in [3.05, 3.63) is 264 Å². The normalized spacial score (nSPS) is 17.0. The molecular formula is C97H131N7O23. The number of fused-ring (bicyclic) bond motifs is 4. The molecule has 30 heteroatoms. The highest BCUT2D eigenvalue weighted by Crippen LogP contribution is 2.39. The Labute approximate surface area is 744 Å². The molecule has 0 spiro atoms. The summed E-state index contributed by atoms with van der Waals surface area (Å²) in [6, 6.07) is 20.1. The second kappa shape index (κ2) is 61.8. The number of benzene rings is 3. The third-order valence-electron chi connectivity index (χ3n) is 20.4. The van der Waals surface area contributed by atoms with Crippen molar-refractivity contribution < 1.29 is 97.5 Å². The lowest BCUT2D eigenvalue weighted by atomic mass is 9.86. The number of epoxide rings is 1. The Kier molecular flexibility index (Phi) is 53.9. The number of amides is 1. The van der Waals surface area contributed by atoms with Crippen LogP contribution >= 0.6 is 0 Å². The van der Waals surface area contributed by atoms with E-state index in [2.05, 4.69) is 100 Å². The number of nitrogens with zero attached hydrogens (tertiary/aromatic N) is 3. The zero-order valence-electron chi connectivity index (χ0n) is 75.3. The third-order valence-corrected chi connectivity index (χ3v) is 20.4. The van der Waals surface area contributed by atoms with Gasteiger partial charge in [0.1, 0.15) is 23.5 Å². The van der Waals surface area contributed by atoms with E-state index < -0.39 is 48.0 Å². The van der Waals surface area contributed by atoms with E-state index in [9.17, 15) is 62.6 Å². The van der Waals surface area contributed by atoms with Gasteiger partial charge in [0.05, 0.1) is 93.9 Å². The second-order valence-electron chi connectivity index (χ2n) is 30.2. The number of methoxy groups -OCH3 is 4. The van der Waals surface area contributed by atoms with E-state index in [4.69, 9.17) is 30.3 Å². The summed E-state index contributed by atoms with van der Waals surface area (Å²) in [6.07, 6.45) is 33.6. The number of carboxylic acids is 4. The fourth-order valence-electron chi connectivity index (χ4n) is 13.3. The predicted molar refractivity (Wildman–Crippen MR) is 487 cm³/mol. The van der Waals surface area contributed by atoms with Crippen LogP contribution in [-0.4, -0.2) is 173 Å². The summed E-state index contributed by atoms with van der Waals surface area (Å²) in [6.45, 7) is 31.1. The lowest BCUT2D eigenvalue weighted by Gasteiger charge is -2.27. The number of H-pyrrole nitrogens is 3. The minimum absolute atomic E-state index is 0.00995. The van der Waals surface area contributed by atoms with Crippen LogP contribution in [0, 0.1) is 44.4 Å². The van der Waals surface area contributed by atoms with Crippen LogP contribution < -0.4 is 22.0 Å².